The Bertz CT molecular complexity index is 894. The Hall–Kier alpha value is -3.10. The lowest BCUT2D eigenvalue weighted by Crippen LogP contribution is -2.49. The second-order valence-electron chi connectivity index (χ2n) is 9.82. The van der Waals surface area contributed by atoms with Crippen molar-refractivity contribution >= 4 is 35.2 Å². The number of anilines is 2. The van der Waals surface area contributed by atoms with Crippen LogP contribution in [0.3, 0.4) is 0 Å². The predicted octanol–water partition coefficient (Wildman–Crippen LogP) is 3.44. The molecule has 186 valence electrons. The van der Waals surface area contributed by atoms with Crippen LogP contribution in [-0.4, -0.2) is 60.0 Å². The van der Waals surface area contributed by atoms with Gasteiger partial charge in [-0.2, -0.15) is 0 Å². The van der Waals surface area contributed by atoms with Crippen molar-refractivity contribution in [3.8, 4) is 0 Å². The van der Waals surface area contributed by atoms with Crippen LogP contribution in [0, 0.1) is 0 Å². The second-order valence-corrected chi connectivity index (χ2v) is 9.82. The number of carbonyl (C=O) groups excluding carboxylic acids is 4. The molecule has 3 rings (SSSR count). The lowest BCUT2D eigenvalue weighted by Gasteiger charge is -2.26. The lowest BCUT2D eigenvalue weighted by atomic mass is 10.1. The van der Waals surface area contributed by atoms with E-state index in [1.807, 2.05) is 45.0 Å². The predicted molar refractivity (Wildman–Crippen MR) is 129 cm³/mol. The number of esters is 1. The number of rotatable bonds is 9. The fraction of sp³-hybridized carbons (Fsp3) is 0.600. The number of amides is 4. The molecule has 0 aromatic heterocycles. The molecule has 0 radical (unpaired) electrons. The average Bonchev–Trinajstić information content (AvgIpc) is 3.04. The number of ether oxygens (including phenoxy) is 1. The summed E-state index contributed by atoms with van der Waals surface area (Å²) in [6.45, 7) is 7.34. The summed E-state index contributed by atoms with van der Waals surface area (Å²) in [7, 11) is 0. The summed E-state index contributed by atoms with van der Waals surface area (Å²) in [4.78, 5) is 51.8. The summed E-state index contributed by atoms with van der Waals surface area (Å²) in [5.74, 6) is -0.559. The van der Waals surface area contributed by atoms with E-state index in [2.05, 4.69) is 10.6 Å². The van der Waals surface area contributed by atoms with Gasteiger partial charge in [0.1, 0.15) is 11.6 Å². The number of nitrogens with zero attached hydrogens (tertiary/aromatic N) is 2. The summed E-state index contributed by atoms with van der Waals surface area (Å²) < 4.78 is 5.31. The molecular formula is C25H36N4O5. The van der Waals surface area contributed by atoms with Gasteiger partial charge in [0.05, 0.1) is 0 Å². The van der Waals surface area contributed by atoms with Crippen molar-refractivity contribution < 1.29 is 23.9 Å². The first kappa shape index (κ1) is 25.5. The molecule has 9 heteroatoms. The average molecular weight is 473 g/mol. The highest BCUT2D eigenvalue weighted by atomic mass is 16.6. The molecule has 1 unspecified atom stereocenters. The van der Waals surface area contributed by atoms with Crippen LogP contribution < -0.4 is 15.5 Å². The van der Waals surface area contributed by atoms with Crippen LogP contribution in [0.1, 0.15) is 65.7 Å². The minimum absolute atomic E-state index is 0.116. The molecule has 0 saturated carbocycles. The smallest absolute Gasteiger partial charge is 0.324 e. The normalized spacial score (nSPS) is 19.1. The number of imide groups is 1. The maximum atomic E-state index is 13.0. The molecule has 0 aliphatic carbocycles. The molecule has 1 aromatic rings. The molecule has 1 aromatic carbocycles. The van der Waals surface area contributed by atoms with Crippen LogP contribution in [0.25, 0.3) is 0 Å². The fourth-order valence-corrected chi connectivity index (χ4v) is 4.23. The number of carbonyl (C=O) groups is 4. The van der Waals surface area contributed by atoms with E-state index >= 15 is 0 Å². The molecule has 1 atom stereocenters. The van der Waals surface area contributed by atoms with E-state index in [9.17, 15) is 19.2 Å². The Morgan fingerprint density at radius 3 is 2.53 bits per heavy atom. The van der Waals surface area contributed by atoms with Gasteiger partial charge >= 0.3 is 12.0 Å². The number of hydrogen-bond acceptors (Lipinski definition) is 6. The molecule has 2 aliphatic rings. The Labute approximate surface area is 201 Å². The van der Waals surface area contributed by atoms with E-state index in [1.165, 1.54) is 4.90 Å². The first-order chi connectivity index (χ1) is 16.1. The maximum absolute atomic E-state index is 13.0. The third-order valence-electron chi connectivity index (χ3n) is 5.85. The standard InChI is InChI=1S/C25H36N4O5/c1-25(2,3)34-22(31)9-5-4-6-15-26-18-10-12-19(13-11-18)28-17-14-20(23(28)32)29-16-7-8-21(30)27-24(29)33/h10-13,20,26H,4-9,14-17H2,1-3H3,(H,27,30,33). The van der Waals surface area contributed by atoms with Gasteiger partial charge in [-0.15, -0.1) is 0 Å². The van der Waals surface area contributed by atoms with Crippen LogP contribution in [0.15, 0.2) is 24.3 Å². The van der Waals surface area contributed by atoms with E-state index < -0.39 is 17.7 Å². The maximum Gasteiger partial charge on any atom is 0.324 e. The zero-order chi connectivity index (χ0) is 24.7. The second kappa shape index (κ2) is 11.4. The number of hydrogen-bond donors (Lipinski definition) is 2. The van der Waals surface area contributed by atoms with Crippen molar-refractivity contribution in [2.45, 2.75) is 77.4 Å². The first-order valence-corrected chi connectivity index (χ1v) is 12.1. The van der Waals surface area contributed by atoms with Gasteiger partial charge in [0, 0.05) is 43.9 Å². The van der Waals surface area contributed by atoms with Gasteiger partial charge in [0.2, 0.25) is 11.8 Å². The molecule has 34 heavy (non-hydrogen) atoms. The molecule has 2 saturated heterocycles. The van der Waals surface area contributed by atoms with Gasteiger partial charge in [-0.25, -0.2) is 4.79 Å². The van der Waals surface area contributed by atoms with Gasteiger partial charge in [0.15, 0.2) is 0 Å². The van der Waals surface area contributed by atoms with Crippen molar-refractivity contribution in [1.82, 2.24) is 10.2 Å². The molecule has 0 spiro atoms. The number of unbranched alkanes of at least 4 members (excludes halogenated alkanes) is 2. The minimum Gasteiger partial charge on any atom is -0.460 e. The van der Waals surface area contributed by atoms with E-state index in [0.717, 1.165) is 37.2 Å². The summed E-state index contributed by atoms with van der Waals surface area (Å²) in [6, 6.07) is 6.66. The lowest BCUT2D eigenvalue weighted by molar-refractivity contribution is -0.155. The molecule has 2 heterocycles. The molecule has 4 amide bonds. The van der Waals surface area contributed by atoms with Crippen molar-refractivity contribution in [3.05, 3.63) is 24.3 Å². The van der Waals surface area contributed by atoms with E-state index in [-0.39, 0.29) is 17.8 Å². The Morgan fingerprint density at radius 1 is 1.09 bits per heavy atom. The SMILES string of the molecule is CC(C)(C)OC(=O)CCCCCNc1ccc(N2CCC(N3CCCC(=O)NC3=O)C2=O)cc1. The first-order valence-electron chi connectivity index (χ1n) is 12.1. The van der Waals surface area contributed by atoms with Crippen LogP contribution in [0.5, 0.6) is 0 Å². The summed E-state index contributed by atoms with van der Waals surface area (Å²) in [5, 5.41) is 5.71. The third-order valence-corrected chi connectivity index (χ3v) is 5.85. The van der Waals surface area contributed by atoms with Crippen LogP contribution in [0.4, 0.5) is 16.2 Å². The van der Waals surface area contributed by atoms with E-state index in [0.29, 0.717) is 38.8 Å². The summed E-state index contributed by atoms with van der Waals surface area (Å²) >= 11 is 0. The Balaban J connectivity index is 1.41. The van der Waals surface area contributed by atoms with Gasteiger partial charge in [0.25, 0.3) is 0 Å². The molecule has 2 aliphatic heterocycles. The van der Waals surface area contributed by atoms with Crippen LogP contribution in [-0.2, 0) is 19.1 Å². The van der Waals surface area contributed by atoms with Gasteiger partial charge in [-0.3, -0.25) is 19.7 Å². The van der Waals surface area contributed by atoms with Crippen molar-refractivity contribution in [2.24, 2.45) is 0 Å². The zero-order valence-corrected chi connectivity index (χ0v) is 20.4. The topological polar surface area (TPSA) is 108 Å². The van der Waals surface area contributed by atoms with Gasteiger partial charge in [-0.1, -0.05) is 6.42 Å². The highest BCUT2D eigenvalue weighted by molar-refractivity contribution is 6.03. The summed E-state index contributed by atoms with van der Waals surface area (Å²) in [5.41, 5.74) is 1.32. The summed E-state index contributed by atoms with van der Waals surface area (Å²) in [6.07, 6.45) is 4.52. The number of urea groups is 1. The van der Waals surface area contributed by atoms with Gasteiger partial charge < -0.3 is 19.9 Å². The van der Waals surface area contributed by atoms with Crippen molar-refractivity contribution in [1.29, 1.82) is 0 Å². The highest BCUT2D eigenvalue weighted by Crippen LogP contribution is 2.26. The molecule has 2 N–H and O–H groups in total. The van der Waals surface area contributed by atoms with Crippen molar-refractivity contribution in [2.75, 3.05) is 29.9 Å². The highest BCUT2D eigenvalue weighted by Gasteiger charge is 2.39. The number of nitrogens with one attached hydrogen (secondary N) is 2. The van der Waals surface area contributed by atoms with E-state index in [1.54, 1.807) is 4.90 Å². The van der Waals surface area contributed by atoms with Gasteiger partial charge in [-0.05, 0) is 70.7 Å². The van der Waals surface area contributed by atoms with Crippen LogP contribution >= 0.6 is 0 Å². The monoisotopic (exact) mass is 472 g/mol. The largest absolute Gasteiger partial charge is 0.460 e. The van der Waals surface area contributed by atoms with Crippen molar-refractivity contribution in [3.63, 3.8) is 0 Å². The Kier molecular flexibility index (Phi) is 8.52. The zero-order valence-electron chi connectivity index (χ0n) is 20.4. The minimum atomic E-state index is -0.538. The molecule has 2 fully saturated rings. The molecular weight excluding hydrogens is 436 g/mol. The van der Waals surface area contributed by atoms with E-state index in [4.69, 9.17) is 4.74 Å². The van der Waals surface area contributed by atoms with Crippen LogP contribution in [0.2, 0.25) is 0 Å². The quantitative estimate of drug-likeness (QED) is 0.421. The number of benzene rings is 1. The fourth-order valence-electron chi connectivity index (χ4n) is 4.23. The molecule has 0 bridgehead atoms. The third kappa shape index (κ3) is 7.20. The molecule has 9 nitrogen and oxygen atoms in total. The Morgan fingerprint density at radius 2 is 1.82 bits per heavy atom.